The van der Waals surface area contributed by atoms with Gasteiger partial charge in [0.15, 0.2) is 0 Å². The average Bonchev–Trinajstić information content (AvgIpc) is 2.61. The van der Waals surface area contributed by atoms with E-state index in [9.17, 15) is 4.79 Å². The first-order valence-corrected chi connectivity index (χ1v) is 9.11. The van der Waals surface area contributed by atoms with Crippen LogP contribution in [0.1, 0.15) is 31.9 Å². The van der Waals surface area contributed by atoms with Crippen molar-refractivity contribution in [2.45, 2.75) is 32.7 Å². The van der Waals surface area contributed by atoms with E-state index in [0.717, 1.165) is 37.3 Å². The molecule has 25 heavy (non-hydrogen) atoms. The molecule has 0 unspecified atom stereocenters. The Kier molecular flexibility index (Phi) is 4.30. The topological polar surface area (TPSA) is 38.1 Å². The lowest BCUT2D eigenvalue weighted by Crippen LogP contribution is -2.47. The van der Waals surface area contributed by atoms with Crippen LogP contribution in [0.2, 0.25) is 0 Å². The molecule has 2 atom stereocenters. The summed E-state index contributed by atoms with van der Waals surface area (Å²) in [6.45, 7) is 8.30. The third-order valence-corrected chi connectivity index (χ3v) is 5.38. The number of aromatic nitrogens is 2. The zero-order chi connectivity index (χ0) is 17.4. The van der Waals surface area contributed by atoms with E-state index in [1.807, 2.05) is 22.9 Å². The minimum Gasteiger partial charge on any atom is -0.312 e. The molecule has 4 heterocycles. The van der Waals surface area contributed by atoms with E-state index in [1.165, 1.54) is 17.7 Å². The van der Waals surface area contributed by atoms with Crippen molar-refractivity contribution in [1.82, 2.24) is 14.5 Å². The highest BCUT2D eigenvalue weighted by molar-refractivity contribution is 5.62. The number of fused-ring (bicyclic) bond motifs is 4. The van der Waals surface area contributed by atoms with Gasteiger partial charge in [-0.05, 0) is 43.9 Å². The van der Waals surface area contributed by atoms with Crippen molar-refractivity contribution >= 4 is 0 Å². The molecule has 2 aliphatic heterocycles. The molecule has 2 bridgehead atoms. The summed E-state index contributed by atoms with van der Waals surface area (Å²) >= 11 is 0. The Morgan fingerprint density at radius 3 is 2.88 bits per heavy atom. The van der Waals surface area contributed by atoms with Crippen molar-refractivity contribution in [3.05, 3.63) is 64.4 Å². The summed E-state index contributed by atoms with van der Waals surface area (Å²) in [6, 6.07) is 7.92. The van der Waals surface area contributed by atoms with E-state index in [-0.39, 0.29) is 5.56 Å². The van der Waals surface area contributed by atoms with Crippen molar-refractivity contribution in [2.24, 2.45) is 5.92 Å². The lowest BCUT2D eigenvalue weighted by molar-refractivity contribution is 0.131. The number of allylic oxidation sites excluding steroid dienone is 1. The van der Waals surface area contributed by atoms with Gasteiger partial charge in [-0.25, -0.2) is 0 Å². The Bertz CT molecular complexity index is 849. The molecule has 0 spiro atoms. The van der Waals surface area contributed by atoms with Gasteiger partial charge in [0.05, 0.1) is 0 Å². The Labute approximate surface area is 148 Å². The fourth-order valence-corrected chi connectivity index (χ4v) is 4.22. The van der Waals surface area contributed by atoms with Gasteiger partial charge in [-0.15, -0.1) is 0 Å². The first kappa shape index (κ1) is 16.3. The normalized spacial score (nSPS) is 22.3. The minimum atomic E-state index is 0.129. The van der Waals surface area contributed by atoms with Gasteiger partial charge in [-0.2, -0.15) is 0 Å². The summed E-state index contributed by atoms with van der Waals surface area (Å²) in [6.07, 6.45) is 7.10. The van der Waals surface area contributed by atoms with Crippen LogP contribution >= 0.6 is 0 Å². The molecule has 4 rings (SSSR count). The molecule has 2 aromatic rings. The lowest BCUT2D eigenvalue weighted by Gasteiger charge is -2.42. The van der Waals surface area contributed by atoms with Gasteiger partial charge in [0.25, 0.3) is 5.56 Å². The molecular formula is C21H25N3O. The van der Waals surface area contributed by atoms with Gasteiger partial charge in [-0.1, -0.05) is 17.7 Å². The van der Waals surface area contributed by atoms with Crippen molar-refractivity contribution in [3.63, 3.8) is 0 Å². The predicted octanol–water partition coefficient (Wildman–Crippen LogP) is 3.30. The van der Waals surface area contributed by atoms with Crippen molar-refractivity contribution in [2.75, 3.05) is 19.6 Å². The molecule has 0 saturated carbocycles. The van der Waals surface area contributed by atoms with Gasteiger partial charge in [0.2, 0.25) is 0 Å². The first-order valence-electron chi connectivity index (χ1n) is 9.11. The van der Waals surface area contributed by atoms with Crippen LogP contribution in [-0.2, 0) is 6.54 Å². The fourth-order valence-electron chi connectivity index (χ4n) is 4.22. The Morgan fingerprint density at radius 2 is 2.12 bits per heavy atom. The van der Waals surface area contributed by atoms with Crippen molar-refractivity contribution in [3.8, 4) is 11.1 Å². The van der Waals surface area contributed by atoms with Gasteiger partial charge >= 0.3 is 0 Å². The van der Waals surface area contributed by atoms with Crippen LogP contribution in [0, 0.1) is 5.92 Å². The molecule has 2 aliphatic rings. The zero-order valence-electron chi connectivity index (χ0n) is 15.0. The van der Waals surface area contributed by atoms with Crippen molar-refractivity contribution in [1.29, 1.82) is 0 Å². The largest absolute Gasteiger partial charge is 0.312 e. The molecule has 4 nitrogen and oxygen atoms in total. The summed E-state index contributed by atoms with van der Waals surface area (Å²) in [5.41, 5.74) is 4.70. The number of hydrogen-bond donors (Lipinski definition) is 0. The van der Waals surface area contributed by atoms with E-state index >= 15 is 0 Å². The molecule has 0 amide bonds. The lowest BCUT2D eigenvalue weighted by atomic mass is 9.82. The smallest absolute Gasteiger partial charge is 0.251 e. The maximum absolute atomic E-state index is 12.7. The molecular weight excluding hydrogens is 310 g/mol. The third kappa shape index (κ3) is 3.31. The molecule has 130 valence electrons. The van der Waals surface area contributed by atoms with Crippen LogP contribution in [0.5, 0.6) is 0 Å². The Balaban J connectivity index is 1.68. The molecule has 1 saturated heterocycles. The summed E-state index contributed by atoms with van der Waals surface area (Å²) in [4.78, 5) is 19.4. The quantitative estimate of drug-likeness (QED) is 0.808. The van der Waals surface area contributed by atoms with Crippen LogP contribution in [0.4, 0.5) is 0 Å². The minimum absolute atomic E-state index is 0.129. The monoisotopic (exact) mass is 335 g/mol. The highest BCUT2D eigenvalue weighted by atomic mass is 16.1. The molecule has 0 N–H and O–H groups in total. The Morgan fingerprint density at radius 1 is 1.24 bits per heavy atom. The number of pyridine rings is 2. The SMILES string of the molecule is CC(C)=CCN1C[C@@H]2C[C@H](C1)c1cc(-c3cccnc3)cc(=O)n1C2. The zero-order valence-corrected chi connectivity index (χ0v) is 15.0. The second kappa shape index (κ2) is 6.60. The van der Waals surface area contributed by atoms with Crippen LogP contribution < -0.4 is 5.56 Å². The number of nitrogens with zero attached hydrogens (tertiary/aromatic N) is 3. The molecule has 0 aliphatic carbocycles. The van der Waals surface area contributed by atoms with Crippen LogP contribution in [0.3, 0.4) is 0 Å². The fraction of sp³-hybridized carbons (Fsp3) is 0.429. The number of hydrogen-bond acceptors (Lipinski definition) is 3. The average molecular weight is 335 g/mol. The van der Waals surface area contributed by atoms with Crippen LogP contribution in [0.15, 0.2) is 53.1 Å². The summed E-state index contributed by atoms with van der Waals surface area (Å²) < 4.78 is 2.01. The second-order valence-corrected chi connectivity index (χ2v) is 7.66. The maximum atomic E-state index is 12.7. The molecule has 0 radical (unpaired) electrons. The standard InChI is InChI=1S/C21H25N3O/c1-15(2)5-7-23-12-16-8-19(14-23)20-9-18(10-21(25)24(20)13-16)17-4-3-6-22-11-17/h3-6,9-11,16,19H,7-8,12-14H2,1-2H3/t16-,19+/m0/s1. The number of piperidine rings is 1. The highest BCUT2D eigenvalue weighted by Crippen LogP contribution is 2.36. The van der Waals surface area contributed by atoms with E-state index in [1.54, 1.807) is 12.3 Å². The Hall–Kier alpha value is -2.20. The van der Waals surface area contributed by atoms with Gasteiger partial charge < -0.3 is 4.57 Å². The van der Waals surface area contributed by atoms with E-state index in [0.29, 0.717) is 11.8 Å². The molecule has 1 fully saturated rings. The summed E-state index contributed by atoms with van der Waals surface area (Å²) in [7, 11) is 0. The first-order chi connectivity index (χ1) is 12.1. The molecule has 2 aromatic heterocycles. The molecule has 0 aromatic carbocycles. The van der Waals surface area contributed by atoms with Gasteiger partial charge in [0, 0.05) is 61.8 Å². The van der Waals surface area contributed by atoms with Gasteiger partial charge in [0.1, 0.15) is 0 Å². The summed E-state index contributed by atoms with van der Waals surface area (Å²) in [5, 5.41) is 0. The molecule has 4 heteroatoms. The van der Waals surface area contributed by atoms with Crippen molar-refractivity contribution < 1.29 is 0 Å². The van der Waals surface area contributed by atoms with E-state index in [2.05, 4.69) is 35.9 Å². The maximum Gasteiger partial charge on any atom is 0.251 e. The van der Waals surface area contributed by atoms with E-state index in [4.69, 9.17) is 0 Å². The van der Waals surface area contributed by atoms with Gasteiger partial charge in [-0.3, -0.25) is 14.7 Å². The third-order valence-electron chi connectivity index (χ3n) is 5.38. The predicted molar refractivity (Wildman–Crippen MR) is 101 cm³/mol. The second-order valence-electron chi connectivity index (χ2n) is 7.66. The number of rotatable bonds is 3. The van der Waals surface area contributed by atoms with Crippen LogP contribution in [-0.4, -0.2) is 34.1 Å². The number of likely N-dealkylation sites (tertiary alicyclic amines) is 1. The highest BCUT2D eigenvalue weighted by Gasteiger charge is 2.34. The van der Waals surface area contributed by atoms with E-state index < -0.39 is 0 Å². The van der Waals surface area contributed by atoms with Crippen LogP contribution in [0.25, 0.3) is 11.1 Å². The summed E-state index contributed by atoms with van der Waals surface area (Å²) in [5.74, 6) is 1.03.